The average molecular weight is 276 g/mol. The molecule has 20 heavy (non-hydrogen) atoms. The second-order valence-electron chi connectivity index (χ2n) is 6.10. The van der Waals surface area contributed by atoms with Crippen molar-refractivity contribution in [1.29, 1.82) is 0 Å². The number of benzene rings is 1. The van der Waals surface area contributed by atoms with Crippen LogP contribution in [0.2, 0.25) is 0 Å². The van der Waals surface area contributed by atoms with E-state index in [1.54, 1.807) is 0 Å². The van der Waals surface area contributed by atoms with Crippen molar-refractivity contribution in [1.82, 2.24) is 15.2 Å². The number of aryl methyl sites for hydroxylation is 1. The molecule has 4 heteroatoms. The van der Waals surface area contributed by atoms with Gasteiger partial charge < -0.3 is 9.80 Å². The molecule has 112 valence electrons. The first kappa shape index (κ1) is 15.4. The molecule has 2 rings (SSSR count). The summed E-state index contributed by atoms with van der Waals surface area (Å²) < 4.78 is 0. The third-order valence-corrected chi connectivity index (χ3v) is 4.66. The smallest absolute Gasteiger partial charge is 0.0630 e. The summed E-state index contributed by atoms with van der Waals surface area (Å²) in [4.78, 5) is 4.85. The van der Waals surface area contributed by atoms with Gasteiger partial charge >= 0.3 is 0 Å². The molecule has 0 aliphatic carbocycles. The van der Waals surface area contributed by atoms with Crippen molar-refractivity contribution in [2.75, 3.05) is 33.7 Å². The van der Waals surface area contributed by atoms with Crippen molar-refractivity contribution in [2.45, 2.75) is 32.4 Å². The highest BCUT2D eigenvalue weighted by Crippen LogP contribution is 2.26. The van der Waals surface area contributed by atoms with Crippen molar-refractivity contribution >= 4 is 0 Å². The predicted octanol–water partition coefficient (Wildman–Crippen LogP) is 1.44. The summed E-state index contributed by atoms with van der Waals surface area (Å²) in [7, 11) is 4.40. The summed E-state index contributed by atoms with van der Waals surface area (Å²) in [5, 5.41) is 0. The monoisotopic (exact) mass is 276 g/mol. The molecule has 2 unspecified atom stereocenters. The molecule has 2 atom stereocenters. The van der Waals surface area contributed by atoms with Crippen LogP contribution in [0.5, 0.6) is 0 Å². The molecule has 0 aromatic heterocycles. The van der Waals surface area contributed by atoms with Gasteiger partial charge in [0.1, 0.15) is 0 Å². The molecule has 1 aromatic rings. The Bertz CT molecular complexity index is 446. The molecule has 1 aliphatic heterocycles. The van der Waals surface area contributed by atoms with Gasteiger partial charge in [-0.2, -0.15) is 0 Å². The van der Waals surface area contributed by atoms with E-state index in [1.807, 2.05) is 0 Å². The maximum Gasteiger partial charge on any atom is 0.0630 e. The zero-order chi connectivity index (χ0) is 14.7. The van der Waals surface area contributed by atoms with E-state index >= 15 is 0 Å². The molecule has 1 heterocycles. The van der Waals surface area contributed by atoms with Crippen LogP contribution in [0, 0.1) is 13.8 Å². The quantitative estimate of drug-likeness (QED) is 0.648. The van der Waals surface area contributed by atoms with E-state index in [2.05, 4.69) is 61.4 Å². The zero-order valence-electron chi connectivity index (χ0n) is 13.2. The van der Waals surface area contributed by atoms with Crippen molar-refractivity contribution in [3.05, 3.63) is 34.9 Å². The standard InChI is InChI=1S/C16H28N4/c1-12-7-5-8-14(13(12)2)16(18-17)15-11-19(3)9-6-10-20(15)4/h5,7-8,15-16,18H,6,9-11,17H2,1-4H3. The van der Waals surface area contributed by atoms with Crippen LogP contribution in [0.15, 0.2) is 18.2 Å². The van der Waals surface area contributed by atoms with Gasteiger partial charge in [0.25, 0.3) is 0 Å². The van der Waals surface area contributed by atoms with Gasteiger partial charge in [-0.1, -0.05) is 18.2 Å². The number of nitrogens with two attached hydrogens (primary N) is 1. The van der Waals surface area contributed by atoms with Gasteiger partial charge in [0.2, 0.25) is 0 Å². The fourth-order valence-electron chi connectivity index (χ4n) is 3.18. The molecule has 0 bridgehead atoms. The van der Waals surface area contributed by atoms with Crippen molar-refractivity contribution < 1.29 is 0 Å². The average Bonchev–Trinajstić information content (AvgIpc) is 2.58. The summed E-state index contributed by atoms with van der Waals surface area (Å²) in [6, 6.07) is 7.05. The molecule has 4 nitrogen and oxygen atoms in total. The van der Waals surface area contributed by atoms with E-state index < -0.39 is 0 Å². The fraction of sp³-hybridized carbons (Fsp3) is 0.625. The number of rotatable bonds is 3. The fourth-order valence-corrected chi connectivity index (χ4v) is 3.18. The lowest BCUT2D eigenvalue weighted by Gasteiger charge is -2.35. The minimum absolute atomic E-state index is 0.167. The number of hydrogen-bond donors (Lipinski definition) is 2. The molecule has 3 N–H and O–H groups in total. The Labute approximate surface area is 122 Å². The van der Waals surface area contributed by atoms with Gasteiger partial charge in [0, 0.05) is 12.6 Å². The highest BCUT2D eigenvalue weighted by Gasteiger charge is 2.29. The number of hydrazine groups is 1. The van der Waals surface area contributed by atoms with E-state index in [1.165, 1.54) is 23.1 Å². The summed E-state index contributed by atoms with van der Waals surface area (Å²) in [5.74, 6) is 5.92. The van der Waals surface area contributed by atoms with Gasteiger partial charge in [-0.3, -0.25) is 11.3 Å². The van der Waals surface area contributed by atoms with Crippen LogP contribution in [-0.2, 0) is 0 Å². The second-order valence-corrected chi connectivity index (χ2v) is 6.10. The Morgan fingerprint density at radius 2 is 2.00 bits per heavy atom. The van der Waals surface area contributed by atoms with Crippen LogP contribution in [0.1, 0.15) is 29.2 Å². The summed E-state index contributed by atoms with van der Waals surface area (Å²) in [5.41, 5.74) is 7.06. The van der Waals surface area contributed by atoms with Gasteiger partial charge in [-0.25, -0.2) is 0 Å². The Morgan fingerprint density at radius 3 is 2.70 bits per heavy atom. The third-order valence-electron chi connectivity index (χ3n) is 4.66. The van der Waals surface area contributed by atoms with Crippen LogP contribution in [0.4, 0.5) is 0 Å². The minimum atomic E-state index is 0.167. The van der Waals surface area contributed by atoms with Crippen LogP contribution in [0.3, 0.4) is 0 Å². The van der Waals surface area contributed by atoms with Crippen LogP contribution in [0.25, 0.3) is 0 Å². The SMILES string of the molecule is Cc1cccc(C(NN)C2CN(C)CCCN2C)c1C. The molecule has 0 amide bonds. The van der Waals surface area contributed by atoms with E-state index in [9.17, 15) is 0 Å². The first-order chi connectivity index (χ1) is 9.54. The lowest BCUT2D eigenvalue weighted by atomic mass is 9.92. The Morgan fingerprint density at radius 1 is 1.25 bits per heavy atom. The van der Waals surface area contributed by atoms with E-state index in [4.69, 9.17) is 5.84 Å². The van der Waals surface area contributed by atoms with Crippen molar-refractivity contribution in [3.63, 3.8) is 0 Å². The van der Waals surface area contributed by atoms with E-state index in [0.717, 1.165) is 19.6 Å². The Hall–Kier alpha value is -0.940. The maximum absolute atomic E-state index is 5.92. The van der Waals surface area contributed by atoms with Crippen molar-refractivity contribution in [3.8, 4) is 0 Å². The molecule has 0 radical (unpaired) electrons. The normalized spacial score (nSPS) is 23.6. The van der Waals surface area contributed by atoms with E-state index in [-0.39, 0.29) is 6.04 Å². The lowest BCUT2D eigenvalue weighted by Crippen LogP contribution is -2.49. The Balaban J connectivity index is 2.32. The number of nitrogens with zero attached hydrogens (tertiary/aromatic N) is 2. The third kappa shape index (κ3) is 3.20. The zero-order valence-corrected chi connectivity index (χ0v) is 13.2. The first-order valence-corrected chi connectivity index (χ1v) is 7.45. The van der Waals surface area contributed by atoms with Gasteiger partial charge in [-0.15, -0.1) is 0 Å². The molecular formula is C16H28N4. The molecule has 0 spiro atoms. The van der Waals surface area contributed by atoms with E-state index in [0.29, 0.717) is 6.04 Å². The minimum Gasteiger partial charge on any atom is -0.305 e. The molecule has 1 saturated heterocycles. The maximum atomic E-state index is 5.92. The van der Waals surface area contributed by atoms with Gasteiger partial charge in [-0.05, 0) is 64.1 Å². The van der Waals surface area contributed by atoms with Gasteiger partial charge in [0.15, 0.2) is 0 Å². The molecule has 1 aromatic carbocycles. The first-order valence-electron chi connectivity index (χ1n) is 7.45. The number of likely N-dealkylation sites (N-methyl/N-ethyl adjacent to an activating group) is 2. The van der Waals surface area contributed by atoms with Crippen LogP contribution < -0.4 is 11.3 Å². The van der Waals surface area contributed by atoms with Crippen LogP contribution >= 0.6 is 0 Å². The molecular weight excluding hydrogens is 248 g/mol. The summed E-state index contributed by atoms with van der Waals surface area (Å²) >= 11 is 0. The summed E-state index contributed by atoms with van der Waals surface area (Å²) in [6.45, 7) is 7.67. The van der Waals surface area contributed by atoms with Crippen molar-refractivity contribution in [2.24, 2.45) is 5.84 Å². The lowest BCUT2D eigenvalue weighted by molar-refractivity contribution is 0.178. The second kappa shape index (κ2) is 6.68. The number of hydrogen-bond acceptors (Lipinski definition) is 4. The largest absolute Gasteiger partial charge is 0.305 e. The highest BCUT2D eigenvalue weighted by molar-refractivity contribution is 5.36. The molecule has 1 aliphatic rings. The molecule has 0 saturated carbocycles. The van der Waals surface area contributed by atoms with Gasteiger partial charge in [0.05, 0.1) is 6.04 Å². The topological polar surface area (TPSA) is 44.5 Å². The molecule has 1 fully saturated rings. The van der Waals surface area contributed by atoms with Crippen LogP contribution in [-0.4, -0.2) is 49.6 Å². The summed E-state index contributed by atoms with van der Waals surface area (Å²) in [6.07, 6.45) is 1.22. The predicted molar refractivity (Wildman–Crippen MR) is 84.5 cm³/mol. The highest BCUT2D eigenvalue weighted by atomic mass is 15.3. The Kier molecular flexibility index (Phi) is 5.16. The number of nitrogens with one attached hydrogen (secondary N) is 1.